The summed E-state index contributed by atoms with van der Waals surface area (Å²) in [7, 11) is 0. The number of aryl methyl sites for hydroxylation is 2. The van der Waals surface area contributed by atoms with Gasteiger partial charge in [0.05, 0.1) is 6.04 Å². The van der Waals surface area contributed by atoms with Gasteiger partial charge in [-0.05, 0) is 54.7 Å². The van der Waals surface area contributed by atoms with Crippen LogP contribution in [0.15, 0.2) is 36.4 Å². The minimum Gasteiger partial charge on any atom is -0.320 e. The Morgan fingerprint density at radius 1 is 1.00 bits per heavy atom. The summed E-state index contributed by atoms with van der Waals surface area (Å²) >= 11 is 6.05. The maximum atomic E-state index is 6.36. The van der Waals surface area contributed by atoms with Crippen LogP contribution in [0.2, 0.25) is 5.02 Å². The van der Waals surface area contributed by atoms with E-state index in [0.717, 1.165) is 16.1 Å². The van der Waals surface area contributed by atoms with Crippen LogP contribution in [-0.2, 0) is 0 Å². The first-order chi connectivity index (χ1) is 8.50. The molecule has 0 radical (unpaired) electrons. The van der Waals surface area contributed by atoms with E-state index in [1.54, 1.807) is 0 Å². The van der Waals surface area contributed by atoms with Crippen molar-refractivity contribution < 1.29 is 0 Å². The highest BCUT2D eigenvalue weighted by molar-refractivity contribution is 6.31. The van der Waals surface area contributed by atoms with Gasteiger partial charge in [-0.15, -0.1) is 0 Å². The van der Waals surface area contributed by atoms with E-state index in [4.69, 9.17) is 17.3 Å². The maximum Gasteiger partial charge on any atom is 0.0554 e. The predicted molar refractivity (Wildman–Crippen MR) is 78.1 cm³/mol. The molecule has 0 spiro atoms. The molecule has 18 heavy (non-hydrogen) atoms. The maximum absolute atomic E-state index is 6.36. The van der Waals surface area contributed by atoms with Gasteiger partial charge in [0.25, 0.3) is 0 Å². The van der Waals surface area contributed by atoms with Crippen molar-refractivity contribution in [3.8, 4) is 0 Å². The Balaban J connectivity index is 2.44. The average molecular weight is 260 g/mol. The van der Waals surface area contributed by atoms with E-state index in [0.29, 0.717) is 0 Å². The van der Waals surface area contributed by atoms with Gasteiger partial charge >= 0.3 is 0 Å². The first-order valence-electron chi connectivity index (χ1n) is 6.08. The Morgan fingerprint density at radius 3 is 2.39 bits per heavy atom. The molecule has 0 saturated heterocycles. The summed E-state index contributed by atoms with van der Waals surface area (Å²) in [6.07, 6.45) is 0. The molecule has 1 unspecified atom stereocenters. The number of hydrogen-bond donors (Lipinski definition) is 1. The van der Waals surface area contributed by atoms with Crippen molar-refractivity contribution in [1.29, 1.82) is 0 Å². The average Bonchev–Trinajstić information content (AvgIpc) is 2.35. The summed E-state index contributed by atoms with van der Waals surface area (Å²) in [6, 6.07) is 12.1. The molecule has 0 amide bonds. The molecular formula is C16H18ClN. The van der Waals surface area contributed by atoms with Crippen LogP contribution >= 0.6 is 11.6 Å². The lowest BCUT2D eigenvalue weighted by Crippen LogP contribution is -2.13. The number of benzene rings is 2. The predicted octanol–water partition coefficient (Wildman–Crippen LogP) is 4.31. The fourth-order valence-electron chi connectivity index (χ4n) is 2.15. The van der Waals surface area contributed by atoms with Crippen molar-refractivity contribution in [2.24, 2.45) is 5.73 Å². The van der Waals surface area contributed by atoms with Crippen LogP contribution in [0.1, 0.15) is 33.9 Å². The fourth-order valence-corrected chi connectivity index (χ4v) is 2.27. The van der Waals surface area contributed by atoms with Gasteiger partial charge in [-0.2, -0.15) is 0 Å². The standard InChI is InChI=1S/C16H18ClN/c1-10-5-4-6-14(12(10)3)16(18)13-7-8-15(17)11(2)9-13/h4-9,16H,18H2,1-3H3. The zero-order valence-electron chi connectivity index (χ0n) is 11.0. The van der Waals surface area contributed by atoms with Crippen molar-refractivity contribution in [1.82, 2.24) is 0 Å². The van der Waals surface area contributed by atoms with Crippen LogP contribution in [0.25, 0.3) is 0 Å². The van der Waals surface area contributed by atoms with Gasteiger partial charge in [0, 0.05) is 5.02 Å². The number of rotatable bonds is 2. The van der Waals surface area contributed by atoms with E-state index < -0.39 is 0 Å². The Labute approximate surface area is 114 Å². The summed E-state index contributed by atoms with van der Waals surface area (Å²) in [6.45, 7) is 6.23. The number of hydrogen-bond acceptors (Lipinski definition) is 1. The Hall–Kier alpha value is -1.31. The minimum atomic E-state index is -0.0964. The van der Waals surface area contributed by atoms with E-state index in [9.17, 15) is 0 Å². The molecule has 0 aliphatic heterocycles. The molecule has 0 aliphatic carbocycles. The Bertz CT molecular complexity index is 575. The molecule has 0 aliphatic rings. The SMILES string of the molecule is Cc1cc(C(N)c2cccc(C)c2C)ccc1Cl. The van der Waals surface area contributed by atoms with Gasteiger partial charge in [-0.25, -0.2) is 0 Å². The fraction of sp³-hybridized carbons (Fsp3) is 0.250. The van der Waals surface area contributed by atoms with E-state index in [1.807, 2.05) is 19.1 Å². The normalized spacial score (nSPS) is 12.5. The molecular weight excluding hydrogens is 242 g/mol. The lowest BCUT2D eigenvalue weighted by atomic mass is 9.93. The second-order valence-corrected chi connectivity index (χ2v) is 5.18. The second kappa shape index (κ2) is 5.13. The van der Waals surface area contributed by atoms with Crippen molar-refractivity contribution in [2.75, 3.05) is 0 Å². The number of halogens is 1. The van der Waals surface area contributed by atoms with E-state index in [1.165, 1.54) is 16.7 Å². The summed E-state index contributed by atoms with van der Waals surface area (Å²) in [4.78, 5) is 0. The molecule has 0 fully saturated rings. The highest BCUT2D eigenvalue weighted by atomic mass is 35.5. The zero-order chi connectivity index (χ0) is 13.3. The van der Waals surface area contributed by atoms with E-state index in [2.05, 4.69) is 38.1 Å². The van der Waals surface area contributed by atoms with Crippen LogP contribution in [0, 0.1) is 20.8 Å². The monoisotopic (exact) mass is 259 g/mol. The molecule has 94 valence electrons. The topological polar surface area (TPSA) is 26.0 Å². The van der Waals surface area contributed by atoms with Crippen LogP contribution in [-0.4, -0.2) is 0 Å². The summed E-state index contributed by atoms with van der Waals surface area (Å²) in [5.41, 5.74) is 12.2. The van der Waals surface area contributed by atoms with Crippen LogP contribution in [0.5, 0.6) is 0 Å². The Morgan fingerprint density at radius 2 is 1.72 bits per heavy atom. The summed E-state index contributed by atoms with van der Waals surface area (Å²) in [5, 5.41) is 0.784. The van der Waals surface area contributed by atoms with Crippen LogP contribution in [0.4, 0.5) is 0 Å². The molecule has 0 heterocycles. The van der Waals surface area contributed by atoms with Crippen molar-refractivity contribution in [3.05, 3.63) is 69.2 Å². The molecule has 2 heteroatoms. The van der Waals surface area contributed by atoms with Gasteiger partial charge in [0.15, 0.2) is 0 Å². The molecule has 1 atom stereocenters. The van der Waals surface area contributed by atoms with Gasteiger partial charge in [-0.3, -0.25) is 0 Å². The molecule has 2 rings (SSSR count). The lowest BCUT2D eigenvalue weighted by molar-refractivity contribution is 0.857. The lowest BCUT2D eigenvalue weighted by Gasteiger charge is -2.17. The highest BCUT2D eigenvalue weighted by Gasteiger charge is 2.13. The first-order valence-corrected chi connectivity index (χ1v) is 6.46. The van der Waals surface area contributed by atoms with E-state index >= 15 is 0 Å². The van der Waals surface area contributed by atoms with Crippen molar-refractivity contribution >= 4 is 11.6 Å². The van der Waals surface area contributed by atoms with Gasteiger partial charge < -0.3 is 5.73 Å². The van der Waals surface area contributed by atoms with Crippen LogP contribution < -0.4 is 5.73 Å². The zero-order valence-corrected chi connectivity index (χ0v) is 11.8. The minimum absolute atomic E-state index is 0.0964. The van der Waals surface area contributed by atoms with Crippen molar-refractivity contribution in [3.63, 3.8) is 0 Å². The largest absolute Gasteiger partial charge is 0.320 e. The summed E-state index contributed by atoms with van der Waals surface area (Å²) < 4.78 is 0. The third-order valence-electron chi connectivity index (χ3n) is 3.52. The molecule has 0 aromatic heterocycles. The molecule has 2 aromatic carbocycles. The quantitative estimate of drug-likeness (QED) is 0.854. The van der Waals surface area contributed by atoms with Crippen molar-refractivity contribution in [2.45, 2.75) is 26.8 Å². The molecule has 0 bridgehead atoms. The molecule has 2 N–H and O–H groups in total. The number of nitrogens with two attached hydrogens (primary N) is 1. The third kappa shape index (κ3) is 2.43. The molecule has 0 saturated carbocycles. The molecule has 2 aromatic rings. The van der Waals surface area contributed by atoms with Gasteiger partial charge in [0.2, 0.25) is 0 Å². The van der Waals surface area contributed by atoms with Crippen LogP contribution in [0.3, 0.4) is 0 Å². The highest BCUT2D eigenvalue weighted by Crippen LogP contribution is 2.27. The van der Waals surface area contributed by atoms with Gasteiger partial charge in [-0.1, -0.05) is 41.9 Å². The molecule has 1 nitrogen and oxygen atoms in total. The first kappa shape index (κ1) is 13.1. The second-order valence-electron chi connectivity index (χ2n) is 4.78. The van der Waals surface area contributed by atoms with Gasteiger partial charge in [0.1, 0.15) is 0 Å². The third-order valence-corrected chi connectivity index (χ3v) is 3.95. The van der Waals surface area contributed by atoms with E-state index in [-0.39, 0.29) is 6.04 Å². The Kier molecular flexibility index (Phi) is 3.74. The summed E-state index contributed by atoms with van der Waals surface area (Å²) in [5.74, 6) is 0. The smallest absolute Gasteiger partial charge is 0.0554 e.